The van der Waals surface area contributed by atoms with Crippen LogP contribution >= 0.6 is 0 Å². The molecule has 1 rings (SSSR count). The van der Waals surface area contributed by atoms with Gasteiger partial charge in [-0.25, -0.2) is 8.42 Å². The highest BCUT2D eigenvalue weighted by atomic mass is 32.2. The van der Waals surface area contributed by atoms with Gasteiger partial charge >= 0.3 is 0 Å². The largest absolute Gasteiger partial charge is 0.314 e. The summed E-state index contributed by atoms with van der Waals surface area (Å²) in [4.78, 5) is 11.9. The van der Waals surface area contributed by atoms with E-state index in [1.807, 2.05) is 0 Å². The van der Waals surface area contributed by atoms with E-state index in [2.05, 4.69) is 10.2 Å². The number of hydrogen-bond acceptors (Lipinski definition) is 5. The minimum absolute atomic E-state index is 0.0467. The molecule has 0 bridgehead atoms. The molecule has 1 aromatic heterocycles. The summed E-state index contributed by atoms with van der Waals surface area (Å²) in [6.07, 6.45) is 2.38. The minimum Gasteiger partial charge on any atom is -0.314 e. The summed E-state index contributed by atoms with van der Waals surface area (Å²) >= 11 is 0. The van der Waals surface area contributed by atoms with E-state index in [4.69, 9.17) is 0 Å². The summed E-state index contributed by atoms with van der Waals surface area (Å²) in [5, 5.41) is 7.13. The molecule has 0 atom stereocenters. The standard InChI is InChI=1S/C8H13N3O3S/c1-8(2,15(4,13)14)6(12)7-10-9-5-11(7)3/h5H,1-4H3. The fourth-order valence-corrected chi connectivity index (χ4v) is 1.35. The molecule has 1 aromatic rings. The van der Waals surface area contributed by atoms with Gasteiger partial charge in [0.15, 0.2) is 9.84 Å². The molecule has 0 amide bonds. The minimum atomic E-state index is -3.48. The zero-order valence-corrected chi connectivity index (χ0v) is 9.87. The topological polar surface area (TPSA) is 81.9 Å². The average Bonchev–Trinajstić information content (AvgIpc) is 2.48. The molecule has 1 heterocycles. The quantitative estimate of drug-likeness (QED) is 0.674. The zero-order valence-electron chi connectivity index (χ0n) is 9.05. The molecule has 7 heteroatoms. The average molecular weight is 231 g/mol. The van der Waals surface area contributed by atoms with Crippen molar-refractivity contribution in [3.63, 3.8) is 0 Å². The number of aryl methyl sites for hydroxylation is 1. The molecule has 0 saturated carbocycles. The van der Waals surface area contributed by atoms with Crippen molar-refractivity contribution in [1.82, 2.24) is 14.8 Å². The van der Waals surface area contributed by atoms with Gasteiger partial charge in [-0.2, -0.15) is 0 Å². The lowest BCUT2D eigenvalue weighted by atomic mass is 10.1. The van der Waals surface area contributed by atoms with Crippen molar-refractivity contribution in [2.75, 3.05) is 6.26 Å². The third-order valence-electron chi connectivity index (χ3n) is 2.39. The maximum atomic E-state index is 11.9. The van der Waals surface area contributed by atoms with Gasteiger partial charge in [0.1, 0.15) is 11.1 Å². The number of carbonyl (C=O) groups is 1. The fraction of sp³-hybridized carbons (Fsp3) is 0.625. The lowest BCUT2D eigenvalue weighted by Gasteiger charge is -2.19. The molecule has 0 aliphatic rings. The number of Topliss-reactive ketones (excluding diaryl/α,β-unsaturated/α-hetero) is 1. The van der Waals surface area contributed by atoms with Crippen LogP contribution in [0, 0.1) is 0 Å². The first-order valence-electron chi connectivity index (χ1n) is 4.26. The van der Waals surface area contributed by atoms with Gasteiger partial charge in [-0.05, 0) is 13.8 Å². The molecule has 0 unspecified atom stereocenters. The molecule has 0 fully saturated rings. The molecule has 0 aromatic carbocycles. The van der Waals surface area contributed by atoms with E-state index in [0.717, 1.165) is 6.26 Å². The second-order valence-corrected chi connectivity index (χ2v) is 6.44. The Morgan fingerprint density at radius 1 is 1.47 bits per heavy atom. The van der Waals surface area contributed by atoms with E-state index in [1.165, 1.54) is 24.7 Å². The summed E-state index contributed by atoms with van der Waals surface area (Å²) in [6.45, 7) is 2.72. The second-order valence-electron chi connectivity index (χ2n) is 3.88. The number of sulfone groups is 1. The summed E-state index contributed by atoms with van der Waals surface area (Å²) in [6, 6.07) is 0. The predicted molar refractivity (Wildman–Crippen MR) is 54.3 cm³/mol. The zero-order chi connectivity index (χ0) is 11.9. The first kappa shape index (κ1) is 11.8. The Morgan fingerprint density at radius 3 is 2.33 bits per heavy atom. The number of rotatable bonds is 3. The van der Waals surface area contributed by atoms with Gasteiger partial charge in [-0.3, -0.25) is 4.79 Å². The smallest absolute Gasteiger partial charge is 0.220 e. The number of nitrogens with zero attached hydrogens (tertiary/aromatic N) is 3. The highest BCUT2D eigenvalue weighted by Crippen LogP contribution is 2.19. The van der Waals surface area contributed by atoms with Crippen molar-refractivity contribution in [1.29, 1.82) is 0 Å². The maximum absolute atomic E-state index is 11.9. The lowest BCUT2D eigenvalue weighted by molar-refractivity contribution is 0.0940. The van der Waals surface area contributed by atoms with Crippen LogP contribution in [0.25, 0.3) is 0 Å². The Morgan fingerprint density at radius 2 is 2.00 bits per heavy atom. The van der Waals surface area contributed by atoms with Gasteiger partial charge in [-0.1, -0.05) is 0 Å². The van der Waals surface area contributed by atoms with E-state index in [1.54, 1.807) is 7.05 Å². The van der Waals surface area contributed by atoms with Crippen LogP contribution in [0.3, 0.4) is 0 Å². The van der Waals surface area contributed by atoms with Crippen molar-refractivity contribution < 1.29 is 13.2 Å². The van der Waals surface area contributed by atoms with E-state index in [0.29, 0.717) is 0 Å². The van der Waals surface area contributed by atoms with Crippen LogP contribution in [0.2, 0.25) is 0 Å². The van der Waals surface area contributed by atoms with Crippen molar-refractivity contribution in [2.45, 2.75) is 18.6 Å². The van der Waals surface area contributed by atoms with Gasteiger partial charge < -0.3 is 4.57 Å². The van der Waals surface area contributed by atoms with Crippen LogP contribution in [0.5, 0.6) is 0 Å². The number of ketones is 1. The van der Waals surface area contributed by atoms with Gasteiger partial charge in [0.2, 0.25) is 11.6 Å². The summed E-state index contributed by atoms with van der Waals surface area (Å²) < 4.78 is 22.8. The van der Waals surface area contributed by atoms with Crippen molar-refractivity contribution in [2.24, 2.45) is 7.05 Å². The Kier molecular flexibility index (Phi) is 2.69. The van der Waals surface area contributed by atoms with Gasteiger partial charge in [0.05, 0.1) is 0 Å². The van der Waals surface area contributed by atoms with E-state index >= 15 is 0 Å². The molecule has 0 spiro atoms. The van der Waals surface area contributed by atoms with Crippen molar-refractivity contribution in [3.05, 3.63) is 12.2 Å². The molecule has 0 aliphatic carbocycles. The van der Waals surface area contributed by atoms with Crippen molar-refractivity contribution in [3.8, 4) is 0 Å². The molecule has 84 valence electrons. The van der Waals surface area contributed by atoms with Crippen molar-refractivity contribution >= 4 is 15.6 Å². The molecule has 0 saturated heterocycles. The second kappa shape index (κ2) is 3.41. The SMILES string of the molecule is Cn1cnnc1C(=O)C(C)(C)S(C)(=O)=O. The molecular formula is C8H13N3O3S. The maximum Gasteiger partial charge on any atom is 0.220 e. The summed E-state index contributed by atoms with van der Waals surface area (Å²) in [5.41, 5.74) is 0. The highest BCUT2D eigenvalue weighted by molar-refractivity contribution is 7.92. The molecule has 0 aliphatic heterocycles. The Bertz CT molecular complexity index is 487. The van der Waals surface area contributed by atoms with Crippen LogP contribution in [0.15, 0.2) is 6.33 Å². The summed E-state index contributed by atoms with van der Waals surface area (Å²) in [5.74, 6) is -0.504. The Balaban J connectivity index is 3.23. The van der Waals surface area contributed by atoms with E-state index in [-0.39, 0.29) is 5.82 Å². The molecular weight excluding hydrogens is 218 g/mol. The van der Waals surface area contributed by atoms with E-state index in [9.17, 15) is 13.2 Å². The number of aromatic nitrogens is 3. The molecule has 15 heavy (non-hydrogen) atoms. The first-order chi connectivity index (χ1) is 6.68. The number of carbonyl (C=O) groups excluding carboxylic acids is 1. The van der Waals surface area contributed by atoms with Gasteiger partial charge in [0.25, 0.3) is 0 Å². The molecule has 6 nitrogen and oxygen atoms in total. The Labute approximate surface area is 88.2 Å². The number of hydrogen-bond donors (Lipinski definition) is 0. The van der Waals surface area contributed by atoms with Crippen LogP contribution in [0.1, 0.15) is 24.5 Å². The van der Waals surface area contributed by atoms with Crippen LogP contribution < -0.4 is 0 Å². The van der Waals surface area contributed by atoms with Gasteiger partial charge in [0, 0.05) is 13.3 Å². The fourth-order valence-electron chi connectivity index (χ4n) is 0.926. The van der Waals surface area contributed by atoms with Gasteiger partial charge in [-0.15, -0.1) is 10.2 Å². The normalized spacial score (nSPS) is 12.8. The third kappa shape index (κ3) is 1.92. The predicted octanol–water partition coefficient (Wildman–Crippen LogP) is -0.179. The highest BCUT2D eigenvalue weighted by Gasteiger charge is 2.40. The van der Waals surface area contributed by atoms with E-state index < -0.39 is 20.4 Å². The molecule has 0 N–H and O–H groups in total. The van der Waals surface area contributed by atoms with Crippen LogP contribution in [-0.4, -0.2) is 40.0 Å². The van der Waals surface area contributed by atoms with Crippen LogP contribution in [-0.2, 0) is 16.9 Å². The first-order valence-corrected chi connectivity index (χ1v) is 6.15. The molecule has 0 radical (unpaired) electrons. The van der Waals surface area contributed by atoms with Crippen LogP contribution in [0.4, 0.5) is 0 Å². The third-order valence-corrected chi connectivity index (χ3v) is 4.43. The Hall–Kier alpha value is -1.24. The lowest BCUT2D eigenvalue weighted by Crippen LogP contribution is -2.41. The summed E-state index contributed by atoms with van der Waals surface area (Å²) in [7, 11) is -1.89. The monoisotopic (exact) mass is 231 g/mol.